The normalized spacial score (nSPS) is 10.3. The predicted molar refractivity (Wildman–Crippen MR) is 71.4 cm³/mol. The summed E-state index contributed by atoms with van der Waals surface area (Å²) in [6, 6.07) is 4.29. The Kier molecular flexibility index (Phi) is 3.84. The molecule has 0 aliphatic heterocycles. The molecule has 0 fully saturated rings. The fraction of sp³-hybridized carbons (Fsp3) is 0.167. The molecule has 1 aromatic heterocycles. The summed E-state index contributed by atoms with van der Waals surface area (Å²) in [6.45, 7) is 3.51. The third-order valence-corrected chi connectivity index (χ3v) is 3.17. The first-order valence-corrected chi connectivity index (χ1v) is 6.21. The molecule has 1 amide bonds. The zero-order valence-electron chi connectivity index (χ0n) is 10.2. The van der Waals surface area contributed by atoms with Gasteiger partial charge in [-0.1, -0.05) is 6.07 Å². The molecular formula is C12H10BrFN4O. The lowest BCUT2D eigenvalue weighted by Crippen LogP contribution is -2.17. The van der Waals surface area contributed by atoms with Crippen molar-refractivity contribution in [3.05, 3.63) is 45.4 Å². The van der Waals surface area contributed by atoms with E-state index in [0.29, 0.717) is 15.9 Å². The Morgan fingerprint density at radius 3 is 2.63 bits per heavy atom. The van der Waals surface area contributed by atoms with Gasteiger partial charge in [-0.2, -0.15) is 5.10 Å². The maximum Gasteiger partial charge on any atom is 0.262 e. The number of benzene rings is 1. The van der Waals surface area contributed by atoms with E-state index in [1.807, 2.05) is 0 Å². The standard InChI is InChI=1S/C12H10BrFN4O/c1-6-7(2)17-18-12(15-6)16-11(19)10-8(13)4-3-5-9(10)14/h3-5H,1-2H3,(H,15,16,18,19). The Morgan fingerprint density at radius 1 is 1.26 bits per heavy atom. The molecule has 0 bridgehead atoms. The molecule has 0 radical (unpaired) electrons. The maximum atomic E-state index is 13.6. The number of anilines is 1. The second-order valence-electron chi connectivity index (χ2n) is 3.86. The van der Waals surface area contributed by atoms with Crippen LogP contribution < -0.4 is 5.32 Å². The molecule has 0 saturated carbocycles. The van der Waals surface area contributed by atoms with Crippen molar-refractivity contribution in [2.45, 2.75) is 13.8 Å². The third kappa shape index (κ3) is 2.93. The van der Waals surface area contributed by atoms with Gasteiger partial charge in [-0.05, 0) is 41.9 Å². The highest BCUT2D eigenvalue weighted by Gasteiger charge is 2.16. The van der Waals surface area contributed by atoms with E-state index in [2.05, 4.69) is 36.4 Å². The molecule has 0 aliphatic rings. The number of nitrogens with one attached hydrogen (secondary N) is 1. The quantitative estimate of drug-likeness (QED) is 0.922. The van der Waals surface area contributed by atoms with Gasteiger partial charge in [0.05, 0.1) is 17.0 Å². The number of hydrogen-bond acceptors (Lipinski definition) is 4. The molecule has 0 unspecified atom stereocenters. The average Bonchev–Trinajstić information content (AvgIpc) is 2.33. The van der Waals surface area contributed by atoms with Crippen LogP contribution in [0.5, 0.6) is 0 Å². The van der Waals surface area contributed by atoms with Crippen LogP contribution in [0.4, 0.5) is 10.3 Å². The lowest BCUT2D eigenvalue weighted by atomic mass is 10.2. The molecule has 1 heterocycles. The molecule has 2 aromatic rings. The first kappa shape index (κ1) is 13.5. The van der Waals surface area contributed by atoms with Gasteiger partial charge in [0.25, 0.3) is 5.91 Å². The molecule has 0 saturated heterocycles. The molecular weight excluding hydrogens is 315 g/mol. The Bertz CT molecular complexity index is 627. The smallest absolute Gasteiger partial charge is 0.262 e. The number of rotatable bonds is 2. The minimum Gasteiger partial charge on any atom is -0.289 e. The van der Waals surface area contributed by atoms with Crippen LogP contribution in [0.2, 0.25) is 0 Å². The van der Waals surface area contributed by atoms with Crippen LogP contribution in [0.15, 0.2) is 22.7 Å². The van der Waals surface area contributed by atoms with Crippen LogP contribution in [0, 0.1) is 19.7 Å². The fourth-order valence-corrected chi connectivity index (χ4v) is 1.91. The summed E-state index contributed by atoms with van der Waals surface area (Å²) in [5.74, 6) is -1.21. The van der Waals surface area contributed by atoms with E-state index < -0.39 is 11.7 Å². The van der Waals surface area contributed by atoms with Gasteiger partial charge in [-0.15, -0.1) is 5.10 Å². The Labute approximate surface area is 117 Å². The summed E-state index contributed by atoms with van der Waals surface area (Å²) in [5.41, 5.74) is 1.23. The monoisotopic (exact) mass is 324 g/mol. The number of carbonyl (C=O) groups is 1. The summed E-state index contributed by atoms with van der Waals surface area (Å²) in [7, 11) is 0. The molecule has 1 aromatic carbocycles. The Hall–Kier alpha value is -1.89. The van der Waals surface area contributed by atoms with Gasteiger partial charge in [0.1, 0.15) is 5.82 Å². The van der Waals surface area contributed by atoms with E-state index in [4.69, 9.17) is 0 Å². The van der Waals surface area contributed by atoms with E-state index in [1.165, 1.54) is 12.1 Å². The first-order chi connectivity index (χ1) is 8.99. The number of aromatic nitrogens is 3. The highest BCUT2D eigenvalue weighted by molar-refractivity contribution is 9.10. The molecule has 2 rings (SSSR count). The topological polar surface area (TPSA) is 67.8 Å². The van der Waals surface area contributed by atoms with Crippen LogP contribution in [0.1, 0.15) is 21.7 Å². The highest BCUT2D eigenvalue weighted by atomic mass is 79.9. The van der Waals surface area contributed by atoms with Crippen molar-refractivity contribution in [1.29, 1.82) is 0 Å². The van der Waals surface area contributed by atoms with Gasteiger partial charge in [0.15, 0.2) is 0 Å². The number of halogens is 2. The van der Waals surface area contributed by atoms with E-state index in [-0.39, 0.29) is 11.5 Å². The summed E-state index contributed by atoms with van der Waals surface area (Å²) >= 11 is 3.13. The summed E-state index contributed by atoms with van der Waals surface area (Å²) in [4.78, 5) is 16.0. The second-order valence-corrected chi connectivity index (χ2v) is 4.71. The van der Waals surface area contributed by atoms with Crippen molar-refractivity contribution in [1.82, 2.24) is 15.2 Å². The Balaban J connectivity index is 2.28. The largest absolute Gasteiger partial charge is 0.289 e. The number of aryl methyl sites for hydroxylation is 2. The minimum atomic E-state index is -0.630. The van der Waals surface area contributed by atoms with E-state index in [0.717, 1.165) is 0 Å². The molecule has 0 aliphatic carbocycles. The summed E-state index contributed by atoms with van der Waals surface area (Å²) in [5, 5.41) is 9.98. The van der Waals surface area contributed by atoms with Crippen molar-refractivity contribution in [3.8, 4) is 0 Å². The van der Waals surface area contributed by atoms with Crippen LogP contribution in [0.3, 0.4) is 0 Å². The fourth-order valence-electron chi connectivity index (χ4n) is 1.39. The number of amides is 1. The maximum absolute atomic E-state index is 13.6. The summed E-state index contributed by atoms with van der Waals surface area (Å²) < 4.78 is 14.0. The molecule has 19 heavy (non-hydrogen) atoms. The second kappa shape index (κ2) is 5.40. The zero-order chi connectivity index (χ0) is 14.0. The number of carbonyl (C=O) groups excluding carboxylic acids is 1. The van der Waals surface area contributed by atoms with Crippen molar-refractivity contribution in [3.63, 3.8) is 0 Å². The predicted octanol–water partition coefficient (Wildman–Crippen LogP) is 2.64. The lowest BCUT2D eigenvalue weighted by Gasteiger charge is -2.07. The van der Waals surface area contributed by atoms with Crippen molar-refractivity contribution < 1.29 is 9.18 Å². The van der Waals surface area contributed by atoms with E-state index in [1.54, 1.807) is 19.9 Å². The third-order valence-electron chi connectivity index (χ3n) is 2.51. The molecule has 5 nitrogen and oxygen atoms in total. The molecule has 98 valence electrons. The van der Waals surface area contributed by atoms with Crippen molar-refractivity contribution in [2.24, 2.45) is 0 Å². The van der Waals surface area contributed by atoms with Crippen LogP contribution in [0.25, 0.3) is 0 Å². The zero-order valence-corrected chi connectivity index (χ0v) is 11.8. The average molecular weight is 325 g/mol. The SMILES string of the molecule is Cc1nnc(NC(=O)c2c(F)cccc2Br)nc1C. The number of hydrogen-bond donors (Lipinski definition) is 1. The highest BCUT2D eigenvalue weighted by Crippen LogP contribution is 2.20. The molecule has 7 heteroatoms. The van der Waals surface area contributed by atoms with Crippen LogP contribution >= 0.6 is 15.9 Å². The van der Waals surface area contributed by atoms with Gasteiger partial charge >= 0.3 is 0 Å². The number of nitrogens with zero attached hydrogens (tertiary/aromatic N) is 3. The van der Waals surface area contributed by atoms with Crippen LogP contribution in [-0.2, 0) is 0 Å². The van der Waals surface area contributed by atoms with Gasteiger partial charge in [0, 0.05) is 4.47 Å². The van der Waals surface area contributed by atoms with Gasteiger partial charge in [-0.3, -0.25) is 10.1 Å². The van der Waals surface area contributed by atoms with Crippen molar-refractivity contribution in [2.75, 3.05) is 5.32 Å². The lowest BCUT2D eigenvalue weighted by molar-refractivity contribution is 0.102. The van der Waals surface area contributed by atoms with Crippen molar-refractivity contribution >= 4 is 27.8 Å². The van der Waals surface area contributed by atoms with E-state index in [9.17, 15) is 9.18 Å². The van der Waals surface area contributed by atoms with Gasteiger partial charge in [-0.25, -0.2) is 9.37 Å². The van der Waals surface area contributed by atoms with E-state index >= 15 is 0 Å². The molecule has 1 N–H and O–H groups in total. The summed E-state index contributed by atoms with van der Waals surface area (Å²) in [6.07, 6.45) is 0. The van der Waals surface area contributed by atoms with Gasteiger partial charge < -0.3 is 0 Å². The minimum absolute atomic E-state index is 0.0447. The van der Waals surface area contributed by atoms with Gasteiger partial charge in [0.2, 0.25) is 5.95 Å². The first-order valence-electron chi connectivity index (χ1n) is 5.42. The molecule has 0 spiro atoms. The molecule has 0 atom stereocenters. The Morgan fingerprint density at radius 2 is 2.00 bits per heavy atom. The van der Waals surface area contributed by atoms with Crippen LogP contribution in [-0.4, -0.2) is 21.1 Å².